The molecule has 0 bridgehead atoms. The summed E-state index contributed by atoms with van der Waals surface area (Å²) >= 11 is 0. The zero-order valence-corrected chi connectivity index (χ0v) is 3.39. The molecule has 0 amide bonds. The van der Waals surface area contributed by atoms with Crippen LogP contribution < -0.4 is 22.9 Å². The minimum Gasteiger partial charge on any atom is -0.313 e. The molecular formula is C2H9N4. The van der Waals surface area contributed by atoms with E-state index in [9.17, 15) is 0 Å². The van der Waals surface area contributed by atoms with Crippen LogP contribution in [-0.4, -0.2) is 6.17 Å². The standard InChI is InChI=1S/C2H9N4/c3-1(4)2(5)6/h1H,3-6H2. The van der Waals surface area contributed by atoms with E-state index in [2.05, 4.69) is 0 Å². The van der Waals surface area contributed by atoms with E-state index in [0.717, 1.165) is 0 Å². The summed E-state index contributed by atoms with van der Waals surface area (Å²) in [6.07, 6.45) is -0.611. The second-order valence-electron chi connectivity index (χ2n) is 1.03. The lowest BCUT2D eigenvalue weighted by Gasteiger charge is -2.04. The van der Waals surface area contributed by atoms with Gasteiger partial charge in [0.2, 0.25) is 0 Å². The summed E-state index contributed by atoms with van der Waals surface area (Å²) in [4.78, 5) is 0. The predicted molar refractivity (Wildman–Crippen MR) is 23.8 cm³/mol. The molecule has 1 radical (unpaired) electrons. The van der Waals surface area contributed by atoms with Crippen LogP contribution in [0.15, 0.2) is 0 Å². The SMILES string of the molecule is N[C](N)C(N)N. The maximum atomic E-state index is 4.93. The van der Waals surface area contributed by atoms with Crippen molar-refractivity contribution in [2.75, 3.05) is 0 Å². The van der Waals surface area contributed by atoms with Gasteiger partial charge in [-0.25, -0.2) is 0 Å². The van der Waals surface area contributed by atoms with Gasteiger partial charge in [0.15, 0.2) is 0 Å². The van der Waals surface area contributed by atoms with Gasteiger partial charge in [0, 0.05) is 0 Å². The van der Waals surface area contributed by atoms with Crippen molar-refractivity contribution in [2.24, 2.45) is 22.9 Å². The molecule has 0 aliphatic carbocycles. The maximum Gasteiger partial charge on any atom is 0.127 e. The highest BCUT2D eigenvalue weighted by Gasteiger charge is 1.98. The Morgan fingerprint density at radius 3 is 1.33 bits per heavy atom. The Labute approximate surface area is 36.5 Å². The van der Waals surface area contributed by atoms with E-state index in [4.69, 9.17) is 22.9 Å². The first kappa shape index (κ1) is 5.84. The van der Waals surface area contributed by atoms with E-state index >= 15 is 0 Å². The van der Waals surface area contributed by atoms with Crippen molar-refractivity contribution in [1.82, 2.24) is 0 Å². The van der Waals surface area contributed by atoms with Gasteiger partial charge in [0.1, 0.15) is 6.17 Å². The highest BCUT2D eigenvalue weighted by atomic mass is 15.0. The molecule has 0 aromatic carbocycles. The molecule has 0 aromatic heterocycles. The van der Waals surface area contributed by atoms with E-state index in [-0.39, 0.29) is 6.17 Å². The van der Waals surface area contributed by atoms with Crippen LogP contribution in [0.4, 0.5) is 0 Å². The number of hydrogen-bond donors (Lipinski definition) is 4. The van der Waals surface area contributed by atoms with Crippen molar-refractivity contribution in [3.05, 3.63) is 6.17 Å². The van der Waals surface area contributed by atoms with E-state index in [0.29, 0.717) is 0 Å². The van der Waals surface area contributed by atoms with Crippen LogP contribution in [0.3, 0.4) is 0 Å². The van der Waals surface area contributed by atoms with Gasteiger partial charge in [-0.2, -0.15) is 0 Å². The molecule has 0 rings (SSSR count). The molecular weight excluding hydrogens is 80.1 g/mol. The van der Waals surface area contributed by atoms with Gasteiger partial charge in [-0.05, 0) is 0 Å². The summed E-state index contributed by atoms with van der Waals surface area (Å²) in [5.41, 5.74) is 19.6. The van der Waals surface area contributed by atoms with Gasteiger partial charge >= 0.3 is 0 Å². The van der Waals surface area contributed by atoms with Crippen molar-refractivity contribution in [2.45, 2.75) is 6.17 Å². The monoisotopic (exact) mass is 89.1 g/mol. The lowest BCUT2D eigenvalue weighted by Crippen LogP contribution is -2.46. The summed E-state index contributed by atoms with van der Waals surface area (Å²) in [7, 11) is 0. The Hall–Kier alpha value is -0.160. The normalized spacial score (nSPS) is 11.0. The minimum absolute atomic E-state index is 0.0648. The Balaban J connectivity index is 2.99. The molecule has 4 nitrogen and oxygen atoms in total. The largest absolute Gasteiger partial charge is 0.313 e. The van der Waals surface area contributed by atoms with Gasteiger partial charge in [0.05, 0.1) is 6.17 Å². The van der Waals surface area contributed by atoms with Crippen LogP contribution in [0.25, 0.3) is 0 Å². The van der Waals surface area contributed by atoms with Crippen LogP contribution in [0.1, 0.15) is 0 Å². The molecule has 0 spiro atoms. The van der Waals surface area contributed by atoms with Crippen molar-refractivity contribution in [1.29, 1.82) is 0 Å². The fourth-order valence-corrected chi connectivity index (χ4v) is 0. The molecule has 8 N–H and O–H groups in total. The predicted octanol–water partition coefficient (Wildman–Crippen LogP) is -2.36. The van der Waals surface area contributed by atoms with Crippen molar-refractivity contribution >= 4 is 0 Å². The van der Waals surface area contributed by atoms with Crippen LogP contribution in [0.5, 0.6) is 0 Å². The summed E-state index contributed by atoms with van der Waals surface area (Å²) in [5, 5.41) is 0. The molecule has 0 atom stereocenters. The van der Waals surface area contributed by atoms with Gasteiger partial charge in [-0.1, -0.05) is 0 Å². The summed E-state index contributed by atoms with van der Waals surface area (Å²) in [6.45, 7) is 0. The molecule has 6 heavy (non-hydrogen) atoms. The lowest BCUT2D eigenvalue weighted by atomic mass is 10.4. The summed E-state index contributed by atoms with van der Waals surface area (Å²) < 4.78 is 0. The van der Waals surface area contributed by atoms with Gasteiger partial charge in [-0.3, -0.25) is 0 Å². The van der Waals surface area contributed by atoms with Crippen LogP contribution in [0, 0.1) is 6.17 Å². The van der Waals surface area contributed by atoms with Crippen LogP contribution >= 0.6 is 0 Å². The molecule has 0 aliphatic heterocycles. The molecule has 0 saturated heterocycles. The molecule has 0 aromatic rings. The Morgan fingerprint density at radius 2 is 1.33 bits per heavy atom. The third-order valence-electron chi connectivity index (χ3n) is 0.385. The minimum atomic E-state index is -0.676. The molecule has 0 saturated carbocycles. The van der Waals surface area contributed by atoms with Crippen LogP contribution in [0.2, 0.25) is 0 Å². The third kappa shape index (κ3) is 2.10. The average Bonchev–Trinajstić information content (AvgIpc) is 1.36. The number of nitrogens with two attached hydrogens (primary N) is 4. The van der Waals surface area contributed by atoms with E-state index in [1.807, 2.05) is 0 Å². The first-order chi connectivity index (χ1) is 2.64. The highest BCUT2D eigenvalue weighted by molar-refractivity contribution is 4.81. The van der Waals surface area contributed by atoms with E-state index in [1.165, 1.54) is 0 Å². The van der Waals surface area contributed by atoms with E-state index < -0.39 is 6.17 Å². The smallest absolute Gasteiger partial charge is 0.127 e. The maximum absolute atomic E-state index is 4.93. The fourth-order valence-electron chi connectivity index (χ4n) is 0. The lowest BCUT2D eigenvalue weighted by molar-refractivity contribution is 0.687. The van der Waals surface area contributed by atoms with Crippen molar-refractivity contribution in [3.8, 4) is 0 Å². The van der Waals surface area contributed by atoms with Crippen molar-refractivity contribution in [3.63, 3.8) is 0 Å². The van der Waals surface area contributed by atoms with Gasteiger partial charge in [0.25, 0.3) is 0 Å². The van der Waals surface area contributed by atoms with Crippen LogP contribution in [-0.2, 0) is 0 Å². The molecule has 4 heteroatoms. The first-order valence-electron chi connectivity index (χ1n) is 1.53. The second-order valence-corrected chi connectivity index (χ2v) is 1.03. The summed E-state index contributed by atoms with van der Waals surface area (Å²) in [5.74, 6) is 0. The topological polar surface area (TPSA) is 104 Å². The molecule has 37 valence electrons. The Bertz CT molecular complexity index is 26.5. The van der Waals surface area contributed by atoms with E-state index in [1.54, 1.807) is 0 Å². The molecule has 0 heterocycles. The van der Waals surface area contributed by atoms with Gasteiger partial charge in [-0.15, -0.1) is 0 Å². The number of hydrogen-bond acceptors (Lipinski definition) is 4. The first-order valence-corrected chi connectivity index (χ1v) is 1.53. The van der Waals surface area contributed by atoms with Crippen molar-refractivity contribution < 1.29 is 0 Å². The molecule has 0 aliphatic rings. The third-order valence-corrected chi connectivity index (χ3v) is 0.385. The second kappa shape index (κ2) is 2.09. The Morgan fingerprint density at radius 1 is 1.17 bits per heavy atom. The zero-order valence-electron chi connectivity index (χ0n) is 3.39. The fraction of sp³-hybridized carbons (Fsp3) is 0.500. The average molecular weight is 89.1 g/mol. The summed E-state index contributed by atoms with van der Waals surface area (Å²) in [6, 6.07) is 0. The number of rotatable bonds is 1. The Kier molecular flexibility index (Phi) is 2.04. The quantitative estimate of drug-likeness (QED) is 0.270. The highest BCUT2D eigenvalue weighted by Crippen LogP contribution is 1.69. The molecule has 0 unspecified atom stereocenters. The zero-order chi connectivity index (χ0) is 5.15. The van der Waals surface area contributed by atoms with Gasteiger partial charge < -0.3 is 22.9 Å². The molecule has 0 fully saturated rings.